The molecule has 0 saturated carbocycles. The lowest BCUT2D eigenvalue weighted by atomic mass is 10.2. The summed E-state index contributed by atoms with van der Waals surface area (Å²) in [6.07, 6.45) is 3.97. The van der Waals surface area contributed by atoms with Crippen molar-refractivity contribution in [2.45, 2.75) is 46.1 Å². The summed E-state index contributed by atoms with van der Waals surface area (Å²) < 4.78 is 0. The topological polar surface area (TPSA) is 78.4 Å². The quantitative estimate of drug-likeness (QED) is 0.308. The van der Waals surface area contributed by atoms with E-state index in [0.29, 0.717) is 13.0 Å². The Morgan fingerprint density at radius 3 is 2.71 bits per heavy atom. The molecule has 0 radical (unpaired) electrons. The van der Waals surface area contributed by atoms with Crippen LogP contribution in [0.4, 0.5) is 0 Å². The van der Waals surface area contributed by atoms with Crippen molar-refractivity contribution in [2.24, 2.45) is 4.99 Å². The average Bonchev–Trinajstić information content (AvgIpc) is 2.55. The van der Waals surface area contributed by atoms with Crippen LogP contribution in [0.5, 0.6) is 0 Å². The number of halogens is 1. The molecule has 1 rings (SSSR count). The van der Waals surface area contributed by atoms with Crippen molar-refractivity contribution < 1.29 is 4.79 Å². The summed E-state index contributed by atoms with van der Waals surface area (Å²) in [6, 6.07) is 6.12. The first kappa shape index (κ1) is 22.6. The summed E-state index contributed by atoms with van der Waals surface area (Å²) in [4.78, 5) is 20.4. The molecule has 136 valence electrons. The van der Waals surface area contributed by atoms with E-state index in [-0.39, 0.29) is 35.9 Å². The van der Waals surface area contributed by atoms with Crippen LogP contribution in [0.2, 0.25) is 0 Å². The van der Waals surface area contributed by atoms with E-state index in [1.54, 1.807) is 6.20 Å². The fourth-order valence-corrected chi connectivity index (χ4v) is 1.92. The zero-order valence-electron chi connectivity index (χ0n) is 14.8. The average molecular weight is 447 g/mol. The molecule has 1 heterocycles. The molecule has 0 bridgehead atoms. The molecule has 6 nitrogen and oxygen atoms in total. The number of nitrogens with one attached hydrogen (secondary N) is 3. The van der Waals surface area contributed by atoms with Crippen molar-refractivity contribution >= 4 is 35.8 Å². The van der Waals surface area contributed by atoms with Gasteiger partial charge < -0.3 is 16.0 Å². The molecule has 0 aliphatic heterocycles. The highest BCUT2D eigenvalue weighted by Crippen LogP contribution is 1.93. The Hall–Kier alpha value is -1.38. The lowest BCUT2D eigenvalue weighted by Gasteiger charge is -2.12. The highest BCUT2D eigenvalue weighted by atomic mass is 127. The fraction of sp³-hybridized carbons (Fsp3) is 0.588. The summed E-state index contributed by atoms with van der Waals surface area (Å²) >= 11 is 0. The molecule has 0 fully saturated rings. The number of carbonyl (C=O) groups is 1. The van der Waals surface area contributed by atoms with E-state index in [9.17, 15) is 4.79 Å². The maximum Gasteiger partial charge on any atom is 0.222 e. The minimum atomic E-state index is 0. The van der Waals surface area contributed by atoms with E-state index < -0.39 is 0 Å². The third-order valence-corrected chi connectivity index (χ3v) is 3.37. The molecule has 1 amide bonds. The number of rotatable bonds is 9. The summed E-state index contributed by atoms with van der Waals surface area (Å²) in [6.45, 7) is 8.09. The van der Waals surface area contributed by atoms with Gasteiger partial charge in [0.25, 0.3) is 0 Å². The van der Waals surface area contributed by atoms with Gasteiger partial charge in [-0.2, -0.15) is 0 Å². The van der Waals surface area contributed by atoms with Gasteiger partial charge in [0.05, 0.1) is 6.54 Å². The molecule has 0 aromatic carbocycles. The van der Waals surface area contributed by atoms with Gasteiger partial charge in [0, 0.05) is 43.9 Å². The smallest absolute Gasteiger partial charge is 0.222 e. The number of hydrogen-bond donors (Lipinski definition) is 3. The van der Waals surface area contributed by atoms with Crippen molar-refractivity contribution in [3.63, 3.8) is 0 Å². The molecule has 1 atom stereocenters. The van der Waals surface area contributed by atoms with E-state index >= 15 is 0 Å². The van der Waals surface area contributed by atoms with Crippen LogP contribution in [-0.4, -0.2) is 42.5 Å². The van der Waals surface area contributed by atoms with E-state index in [2.05, 4.69) is 32.9 Å². The van der Waals surface area contributed by atoms with Gasteiger partial charge in [0.1, 0.15) is 0 Å². The van der Waals surface area contributed by atoms with Crippen molar-refractivity contribution in [3.05, 3.63) is 30.1 Å². The Labute approximate surface area is 162 Å². The molecule has 0 aliphatic rings. The second-order valence-corrected chi connectivity index (χ2v) is 5.39. The predicted molar refractivity (Wildman–Crippen MR) is 110 cm³/mol. The van der Waals surface area contributed by atoms with Crippen molar-refractivity contribution in [1.29, 1.82) is 0 Å². The lowest BCUT2D eigenvalue weighted by Crippen LogP contribution is -2.38. The van der Waals surface area contributed by atoms with Gasteiger partial charge in [-0.25, -0.2) is 0 Å². The van der Waals surface area contributed by atoms with Gasteiger partial charge in [-0.3, -0.25) is 14.8 Å². The number of amides is 1. The summed E-state index contributed by atoms with van der Waals surface area (Å²) in [5.74, 6) is 0.784. The van der Waals surface area contributed by atoms with Crippen LogP contribution in [0.25, 0.3) is 0 Å². The van der Waals surface area contributed by atoms with Gasteiger partial charge in [-0.1, -0.05) is 13.0 Å². The number of guanidine groups is 1. The molecular formula is C17H30IN5O. The lowest BCUT2D eigenvalue weighted by molar-refractivity contribution is -0.121. The Morgan fingerprint density at radius 2 is 2.08 bits per heavy atom. The first-order valence-corrected chi connectivity index (χ1v) is 8.37. The molecule has 0 spiro atoms. The van der Waals surface area contributed by atoms with Gasteiger partial charge in [-0.05, 0) is 32.4 Å². The Morgan fingerprint density at radius 1 is 1.29 bits per heavy atom. The Kier molecular flexibility index (Phi) is 13.2. The Balaban J connectivity index is 0.00000529. The number of nitrogens with zero attached hydrogens (tertiary/aromatic N) is 2. The number of hydrogen-bond acceptors (Lipinski definition) is 3. The third kappa shape index (κ3) is 10.4. The zero-order chi connectivity index (χ0) is 16.9. The number of carbonyl (C=O) groups excluding carboxylic acids is 1. The second kappa shape index (κ2) is 14.0. The van der Waals surface area contributed by atoms with Crippen molar-refractivity contribution in [3.8, 4) is 0 Å². The summed E-state index contributed by atoms with van der Waals surface area (Å²) in [5.41, 5.74) is 1.05. The second-order valence-electron chi connectivity index (χ2n) is 5.39. The molecular weight excluding hydrogens is 417 g/mol. The van der Waals surface area contributed by atoms with Crippen LogP contribution in [0.3, 0.4) is 0 Å². The molecule has 1 unspecified atom stereocenters. The van der Waals surface area contributed by atoms with Gasteiger partial charge in [0.15, 0.2) is 5.96 Å². The highest BCUT2D eigenvalue weighted by molar-refractivity contribution is 14.0. The minimum Gasteiger partial charge on any atom is -0.357 e. The molecule has 3 N–H and O–H groups in total. The van der Waals surface area contributed by atoms with Crippen LogP contribution in [0.15, 0.2) is 29.4 Å². The monoisotopic (exact) mass is 447 g/mol. The molecule has 1 aromatic heterocycles. The largest absolute Gasteiger partial charge is 0.357 e. The van der Waals surface area contributed by atoms with Crippen molar-refractivity contribution in [1.82, 2.24) is 20.9 Å². The summed E-state index contributed by atoms with van der Waals surface area (Å²) in [7, 11) is 0. The normalized spacial score (nSPS) is 12.0. The first-order valence-electron chi connectivity index (χ1n) is 8.37. The van der Waals surface area contributed by atoms with Crippen LogP contribution < -0.4 is 16.0 Å². The summed E-state index contributed by atoms with van der Waals surface area (Å²) in [5, 5.41) is 9.39. The van der Waals surface area contributed by atoms with Crippen LogP contribution >= 0.6 is 24.0 Å². The van der Waals surface area contributed by atoms with E-state index in [4.69, 9.17) is 0 Å². The molecule has 24 heavy (non-hydrogen) atoms. The van der Waals surface area contributed by atoms with E-state index in [1.165, 1.54) is 0 Å². The maximum atomic E-state index is 11.7. The Bertz CT molecular complexity index is 481. The van der Waals surface area contributed by atoms with Crippen LogP contribution in [0.1, 0.15) is 39.3 Å². The van der Waals surface area contributed by atoms with Gasteiger partial charge in [-0.15, -0.1) is 24.0 Å². The predicted octanol–water partition coefficient (Wildman–Crippen LogP) is 2.10. The molecule has 1 aromatic rings. The van der Waals surface area contributed by atoms with Gasteiger partial charge in [0.2, 0.25) is 5.91 Å². The molecule has 0 aliphatic carbocycles. The van der Waals surface area contributed by atoms with Crippen LogP contribution in [0, 0.1) is 0 Å². The van der Waals surface area contributed by atoms with Crippen molar-refractivity contribution in [2.75, 3.05) is 19.6 Å². The SMILES string of the molecule is CCNC(=NCCC(=O)NC(C)CC)NCCc1ccccn1.I. The number of aromatic nitrogens is 1. The highest BCUT2D eigenvalue weighted by Gasteiger charge is 2.05. The molecule has 0 saturated heterocycles. The standard InChI is InChI=1S/C17H29N5O.HI/c1-4-14(3)22-16(23)10-13-21-17(18-5-2)20-12-9-15-8-6-7-11-19-15;/h6-8,11,14H,4-5,9-10,12-13H2,1-3H3,(H,22,23)(H2,18,20,21);1H. The fourth-order valence-electron chi connectivity index (χ4n) is 1.92. The van der Waals surface area contributed by atoms with Crippen LogP contribution in [-0.2, 0) is 11.2 Å². The maximum absolute atomic E-state index is 11.7. The zero-order valence-corrected chi connectivity index (χ0v) is 17.2. The van der Waals surface area contributed by atoms with E-state index in [0.717, 1.165) is 37.6 Å². The number of pyridine rings is 1. The van der Waals surface area contributed by atoms with E-state index in [1.807, 2.05) is 32.0 Å². The number of aliphatic imine (C=N–C) groups is 1. The minimum absolute atomic E-state index is 0. The third-order valence-electron chi connectivity index (χ3n) is 3.37. The molecule has 7 heteroatoms. The first-order chi connectivity index (χ1) is 11.2. The van der Waals surface area contributed by atoms with Gasteiger partial charge >= 0.3 is 0 Å².